The van der Waals surface area contributed by atoms with E-state index in [1.54, 1.807) is 4.90 Å². The molecular weight excluding hydrogens is 312 g/mol. The van der Waals surface area contributed by atoms with Crippen molar-refractivity contribution in [2.45, 2.75) is 25.4 Å². The first-order valence-corrected chi connectivity index (χ1v) is 8.95. The van der Waals surface area contributed by atoms with Crippen molar-refractivity contribution in [1.29, 1.82) is 0 Å². The first-order valence-electron chi connectivity index (χ1n) is 8.95. The summed E-state index contributed by atoms with van der Waals surface area (Å²) in [6.07, 6.45) is 5.20. The fourth-order valence-electron chi connectivity index (χ4n) is 3.89. The summed E-state index contributed by atoms with van der Waals surface area (Å²) in [7, 11) is 1.87. The third kappa shape index (κ3) is 3.30. The fourth-order valence-corrected chi connectivity index (χ4v) is 3.89. The largest absolute Gasteiger partial charge is 0.315 e. The Morgan fingerprint density at radius 1 is 1.20 bits per heavy atom. The van der Waals surface area contributed by atoms with Crippen molar-refractivity contribution in [1.82, 2.24) is 15.2 Å². The third-order valence-corrected chi connectivity index (χ3v) is 5.32. The van der Waals surface area contributed by atoms with E-state index in [9.17, 15) is 4.79 Å². The Morgan fingerprint density at radius 2 is 2.04 bits per heavy atom. The number of benzene rings is 1. The zero-order valence-corrected chi connectivity index (χ0v) is 14.6. The van der Waals surface area contributed by atoms with E-state index < -0.39 is 0 Å². The molecule has 130 valence electrons. The van der Waals surface area contributed by atoms with Gasteiger partial charge in [-0.1, -0.05) is 12.1 Å². The SMILES string of the molecule is CN1C(=O)CCc2cc(CN3CCNCC3c3ccncc3)ccc21. The van der Waals surface area contributed by atoms with Gasteiger partial charge in [0.2, 0.25) is 5.91 Å². The predicted octanol–water partition coefficient (Wildman–Crippen LogP) is 2.14. The zero-order valence-electron chi connectivity index (χ0n) is 14.6. The Balaban J connectivity index is 1.55. The van der Waals surface area contributed by atoms with Crippen LogP contribution in [0.2, 0.25) is 0 Å². The van der Waals surface area contributed by atoms with Gasteiger partial charge in [-0.25, -0.2) is 0 Å². The van der Waals surface area contributed by atoms with Crippen molar-refractivity contribution in [3.63, 3.8) is 0 Å². The first-order chi connectivity index (χ1) is 12.2. The summed E-state index contributed by atoms with van der Waals surface area (Å²) in [5.74, 6) is 0.208. The number of carbonyl (C=O) groups excluding carboxylic acids is 1. The van der Waals surface area contributed by atoms with Crippen molar-refractivity contribution in [3.8, 4) is 0 Å². The number of nitrogens with zero attached hydrogens (tertiary/aromatic N) is 3. The second kappa shape index (κ2) is 6.94. The van der Waals surface area contributed by atoms with Gasteiger partial charge in [-0.3, -0.25) is 14.7 Å². The van der Waals surface area contributed by atoms with Crippen LogP contribution < -0.4 is 10.2 Å². The molecule has 1 aromatic heterocycles. The van der Waals surface area contributed by atoms with Gasteiger partial charge in [0.15, 0.2) is 0 Å². The standard InChI is InChI=1S/C20H24N4O/c1-23-18-4-2-15(12-17(18)3-5-20(23)25)14-24-11-10-22-13-19(24)16-6-8-21-9-7-16/h2,4,6-9,12,19,22H,3,5,10-11,13-14H2,1H3. The summed E-state index contributed by atoms with van der Waals surface area (Å²) >= 11 is 0. The first kappa shape index (κ1) is 16.2. The number of pyridine rings is 1. The van der Waals surface area contributed by atoms with Crippen molar-refractivity contribution in [3.05, 3.63) is 59.4 Å². The number of fused-ring (bicyclic) bond motifs is 1. The molecule has 2 aliphatic heterocycles. The maximum absolute atomic E-state index is 11.9. The highest BCUT2D eigenvalue weighted by molar-refractivity contribution is 5.95. The quantitative estimate of drug-likeness (QED) is 0.933. The van der Waals surface area contributed by atoms with Crippen LogP contribution in [0.4, 0.5) is 5.69 Å². The van der Waals surface area contributed by atoms with Crippen LogP contribution in [0.3, 0.4) is 0 Å². The van der Waals surface area contributed by atoms with E-state index in [0.717, 1.165) is 38.3 Å². The monoisotopic (exact) mass is 336 g/mol. The predicted molar refractivity (Wildman–Crippen MR) is 98.4 cm³/mol. The molecule has 4 rings (SSSR count). The summed E-state index contributed by atoms with van der Waals surface area (Å²) in [5, 5.41) is 3.50. The second-order valence-corrected chi connectivity index (χ2v) is 6.89. The normalized spacial score (nSPS) is 21.2. The molecule has 1 aromatic carbocycles. The average Bonchev–Trinajstić information content (AvgIpc) is 2.66. The lowest BCUT2D eigenvalue weighted by Gasteiger charge is -2.37. The molecule has 1 amide bonds. The maximum atomic E-state index is 11.9. The second-order valence-electron chi connectivity index (χ2n) is 6.89. The van der Waals surface area contributed by atoms with Crippen LogP contribution in [0.15, 0.2) is 42.7 Å². The van der Waals surface area contributed by atoms with Crippen molar-refractivity contribution in [2.24, 2.45) is 0 Å². The molecule has 5 nitrogen and oxygen atoms in total. The average molecular weight is 336 g/mol. The molecule has 2 aliphatic rings. The van der Waals surface area contributed by atoms with Crippen LogP contribution in [0.25, 0.3) is 0 Å². The van der Waals surface area contributed by atoms with Crippen molar-refractivity contribution >= 4 is 11.6 Å². The molecule has 0 saturated carbocycles. The minimum absolute atomic E-state index is 0.208. The Bertz CT molecular complexity index is 762. The molecule has 0 bridgehead atoms. The molecule has 1 saturated heterocycles. The molecule has 1 fully saturated rings. The van der Waals surface area contributed by atoms with E-state index in [2.05, 4.69) is 45.5 Å². The molecule has 2 aromatic rings. The molecule has 1 atom stereocenters. The van der Waals surface area contributed by atoms with Gasteiger partial charge >= 0.3 is 0 Å². The number of aromatic nitrogens is 1. The summed E-state index contributed by atoms with van der Waals surface area (Å²) in [6.45, 7) is 3.94. The van der Waals surface area contributed by atoms with Crippen LogP contribution in [0.5, 0.6) is 0 Å². The highest BCUT2D eigenvalue weighted by atomic mass is 16.2. The highest BCUT2D eigenvalue weighted by Gasteiger charge is 2.25. The minimum atomic E-state index is 0.208. The van der Waals surface area contributed by atoms with Gasteiger partial charge in [-0.05, 0) is 41.3 Å². The number of nitrogens with one attached hydrogen (secondary N) is 1. The molecule has 1 unspecified atom stereocenters. The summed E-state index contributed by atoms with van der Waals surface area (Å²) in [6, 6.07) is 11.1. The highest BCUT2D eigenvalue weighted by Crippen LogP contribution is 2.29. The summed E-state index contributed by atoms with van der Waals surface area (Å²) in [4.78, 5) is 20.3. The van der Waals surface area contributed by atoms with Crippen LogP contribution in [-0.2, 0) is 17.8 Å². The van der Waals surface area contributed by atoms with Crippen molar-refractivity contribution in [2.75, 3.05) is 31.6 Å². The molecule has 25 heavy (non-hydrogen) atoms. The van der Waals surface area contributed by atoms with E-state index in [4.69, 9.17) is 0 Å². The number of anilines is 1. The number of aryl methyl sites for hydroxylation is 1. The van der Waals surface area contributed by atoms with E-state index in [-0.39, 0.29) is 5.91 Å². The van der Waals surface area contributed by atoms with E-state index in [1.807, 2.05) is 19.4 Å². The van der Waals surface area contributed by atoms with Gasteiger partial charge < -0.3 is 10.2 Å². The number of piperazine rings is 1. The maximum Gasteiger partial charge on any atom is 0.227 e. The number of rotatable bonds is 3. The van der Waals surface area contributed by atoms with E-state index in [1.165, 1.54) is 16.7 Å². The van der Waals surface area contributed by atoms with Crippen LogP contribution in [0.1, 0.15) is 29.2 Å². The minimum Gasteiger partial charge on any atom is -0.315 e. The molecule has 3 heterocycles. The summed E-state index contributed by atoms with van der Waals surface area (Å²) in [5.41, 5.74) is 4.98. The zero-order chi connectivity index (χ0) is 17.2. The lowest BCUT2D eigenvalue weighted by Crippen LogP contribution is -2.45. The Labute approximate surface area is 148 Å². The topological polar surface area (TPSA) is 48.5 Å². The smallest absolute Gasteiger partial charge is 0.227 e. The lowest BCUT2D eigenvalue weighted by atomic mass is 9.98. The third-order valence-electron chi connectivity index (χ3n) is 5.32. The van der Waals surface area contributed by atoms with Crippen LogP contribution >= 0.6 is 0 Å². The Kier molecular flexibility index (Phi) is 4.51. The van der Waals surface area contributed by atoms with Crippen LogP contribution in [-0.4, -0.2) is 42.5 Å². The van der Waals surface area contributed by atoms with Crippen molar-refractivity contribution < 1.29 is 4.79 Å². The van der Waals surface area contributed by atoms with Crippen LogP contribution in [0, 0.1) is 0 Å². The van der Waals surface area contributed by atoms with Gasteiger partial charge in [0.25, 0.3) is 0 Å². The Hall–Kier alpha value is -2.24. The van der Waals surface area contributed by atoms with Gasteiger partial charge in [-0.15, -0.1) is 0 Å². The number of hydrogen-bond acceptors (Lipinski definition) is 4. The Morgan fingerprint density at radius 3 is 2.88 bits per heavy atom. The number of hydrogen-bond donors (Lipinski definition) is 1. The van der Waals surface area contributed by atoms with Gasteiger partial charge in [0.05, 0.1) is 0 Å². The number of carbonyl (C=O) groups is 1. The lowest BCUT2D eigenvalue weighted by molar-refractivity contribution is -0.118. The fraction of sp³-hybridized carbons (Fsp3) is 0.400. The van der Waals surface area contributed by atoms with Gasteiger partial charge in [-0.2, -0.15) is 0 Å². The molecule has 1 N–H and O–H groups in total. The van der Waals surface area contributed by atoms with Gasteiger partial charge in [0.1, 0.15) is 0 Å². The molecule has 0 spiro atoms. The molecule has 0 aliphatic carbocycles. The molecule has 0 radical (unpaired) electrons. The number of amides is 1. The molecular formula is C20H24N4O. The summed E-state index contributed by atoms with van der Waals surface area (Å²) < 4.78 is 0. The van der Waals surface area contributed by atoms with E-state index >= 15 is 0 Å². The molecule has 5 heteroatoms. The van der Waals surface area contributed by atoms with E-state index in [0.29, 0.717) is 12.5 Å². The van der Waals surface area contributed by atoms with Gasteiger partial charge in [0, 0.05) is 63.8 Å².